The molecule has 2 rings (SSSR count). The molecule has 4 heteroatoms. The molecule has 0 amide bonds. The van der Waals surface area contributed by atoms with Crippen LogP contribution in [0.25, 0.3) is 0 Å². The van der Waals surface area contributed by atoms with Crippen LogP contribution in [0, 0.1) is 11.3 Å². The average molecular weight is 308 g/mol. The maximum absolute atomic E-state index is 8.60. The summed E-state index contributed by atoms with van der Waals surface area (Å²) in [5, 5.41) is 11.9. The van der Waals surface area contributed by atoms with Gasteiger partial charge in [0, 0.05) is 23.6 Å². The van der Waals surface area contributed by atoms with Crippen molar-refractivity contribution in [2.24, 2.45) is 0 Å². The van der Waals surface area contributed by atoms with Gasteiger partial charge < -0.3 is 5.32 Å². The van der Waals surface area contributed by atoms with Crippen LogP contribution in [0.4, 0.5) is 0 Å². The Morgan fingerprint density at radius 3 is 3.06 bits per heavy atom. The summed E-state index contributed by atoms with van der Waals surface area (Å²) in [4.78, 5) is 2.46. The highest BCUT2D eigenvalue weighted by Crippen LogP contribution is 2.20. The summed E-state index contributed by atoms with van der Waals surface area (Å²) in [6, 6.07) is 11.0. The first kappa shape index (κ1) is 13.5. The second-order valence-electron chi connectivity index (χ2n) is 4.70. The number of nitriles is 1. The quantitative estimate of drug-likeness (QED) is 0.869. The Hall–Kier alpha value is -0.890. The van der Waals surface area contributed by atoms with Crippen molar-refractivity contribution in [3.8, 4) is 6.07 Å². The first-order valence-electron chi connectivity index (χ1n) is 6.35. The van der Waals surface area contributed by atoms with E-state index in [0.29, 0.717) is 12.6 Å². The standard InChI is InChI=1S/C14H18BrN3/c15-14-6-2-1-4-12(14)10-18-9-3-5-13(11-18)17-8-7-16/h1-2,4,6,13,17H,3,5,8-11H2. The molecule has 1 aliphatic rings. The summed E-state index contributed by atoms with van der Waals surface area (Å²) in [6.45, 7) is 3.61. The molecule has 0 saturated carbocycles. The number of nitrogens with one attached hydrogen (secondary N) is 1. The van der Waals surface area contributed by atoms with Crippen molar-refractivity contribution in [1.29, 1.82) is 5.26 Å². The minimum atomic E-state index is 0.452. The lowest BCUT2D eigenvalue weighted by Crippen LogP contribution is -2.45. The predicted octanol–water partition coefficient (Wildman–Crippen LogP) is 2.53. The number of hydrogen-bond acceptors (Lipinski definition) is 3. The van der Waals surface area contributed by atoms with Crippen LogP contribution < -0.4 is 5.32 Å². The molecule has 1 atom stereocenters. The zero-order chi connectivity index (χ0) is 12.8. The number of nitrogens with zero attached hydrogens (tertiary/aromatic N) is 2. The van der Waals surface area contributed by atoms with Crippen molar-refractivity contribution in [2.45, 2.75) is 25.4 Å². The Morgan fingerprint density at radius 1 is 1.44 bits per heavy atom. The lowest BCUT2D eigenvalue weighted by atomic mass is 10.0. The van der Waals surface area contributed by atoms with E-state index >= 15 is 0 Å². The fourth-order valence-corrected chi connectivity index (χ4v) is 2.83. The van der Waals surface area contributed by atoms with Crippen LogP contribution in [0.5, 0.6) is 0 Å². The zero-order valence-electron chi connectivity index (χ0n) is 10.4. The number of hydrogen-bond donors (Lipinski definition) is 1. The molecular formula is C14H18BrN3. The summed E-state index contributed by atoms with van der Waals surface area (Å²) >= 11 is 3.59. The maximum atomic E-state index is 8.60. The molecule has 3 nitrogen and oxygen atoms in total. The van der Waals surface area contributed by atoms with E-state index in [1.807, 2.05) is 6.07 Å². The third-order valence-corrected chi connectivity index (χ3v) is 4.10. The van der Waals surface area contributed by atoms with E-state index < -0.39 is 0 Å². The van der Waals surface area contributed by atoms with Gasteiger partial charge in [-0.05, 0) is 31.0 Å². The molecule has 1 unspecified atom stereocenters. The Labute approximate surface area is 117 Å². The van der Waals surface area contributed by atoms with Gasteiger partial charge in [0.25, 0.3) is 0 Å². The van der Waals surface area contributed by atoms with Crippen LogP contribution >= 0.6 is 15.9 Å². The van der Waals surface area contributed by atoms with Crippen LogP contribution in [-0.4, -0.2) is 30.6 Å². The van der Waals surface area contributed by atoms with Gasteiger partial charge in [0.2, 0.25) is 0 Å². The van der Waals surface area contributed by atoms with E-state index in [1.54, 1.807) is 0 Å². The summed E-state index contributed by atoms with van der Waals surface area (Å²) in [5.74, 6) is 0. The number of likely N-dealkylation sites (tertiary alicyclic amines) is 1. The van der Waals surface area contributed by atoms with Gasteiger partial charge in [0.15, 0.2) is 0 Å². The molecular weight excluding hydrogens is 290 g/mol. The average Bonchev–Trinajstić information content (AvgIpc) is 2.40. The highest BCUT2D eigenvalue weighted by atomic mass is 79.9. The summed E-state index contributed by atoms with van der Waals surface area (Å²) < 4.78 is 1.18. The first-order valence-corrected chi connectivity index (χ1v) is 7.15. The van der Waals surface area contributed by atoms with Crippen molar-refractivity contribution >= 4 is 15.9 Å². The first-order chi connectivity index (χ1) is 8.79. The molecule has 1 aliphatic heterocycles. The summed E-state index contributed by atoms with van der Waals surface area (Å²) in [6.07, 6.45) is 2.38. The molecule has 0 spiro atoms. The molecule has 0 bridgehead atoms. The predicted molar refractivity (Wildman–Crippen MR) is 76.1 cm³/mol. The van der Waals surface area contributed by atoms with Crippen molar-refractivity contribution in [3.63, 3.8) is 0 Å². The highest BCUT2D eigenvalue weighted by Gasteiger charge is 2.19. The van der Waals surface area contributed by atoms with Crippen molar-refractivity contribution in [3.05, 3.63) is 34.3 Å². The van der Waals surface area contributed by atoms with Gasteiger partial charge in [0.05, 0.1) is 12.6 Å². The fourth-order valence-electron chi connectivity index (χ4n) is 2.42. The third kappa shape index (κ3) is 3.81. The molecule has 1 N–H and O–H groups in total. The number of benzene rings is 1. The Balaban J connectivity index is 1.90. The van der Waals surface area contributed by atoms with Crippen molar-refractivity contribution in [2.75, 3.05) is 19.6 Å². The van der Waals surface area contributed by atoms with Crippen LogP contribution in [0.15, 0.2) is 28.7 Å². The number of rotatable bonds is 4. The van der Waals surface area contributed by atoms with E-state index in [4.69, 9.17) is 5.26 Å². The minimum Gasteiger partial charge on any atom is -0.300 e. The van der Waals surface area contributed by atoms with E-state index in [0.717, 1.165) is 19.6 Å². The molecule has 0 aromatic heterocycles. The van der Waals surface area contributed by atoms with Gasteiger partial charge >= 0.3 is 0 Å². The second-order valence-corrected chi connectivity index (χ2v) is 5.56. The summed E-state index contributed by atoms with van der Waals surface area (Å²) in [7, 11) is 0. The topological polar surface area (TPSA) is 39.1 Å². The van der Waals surface area contributed by atoms with E-state index in [-0.39, 0.29) is 0 Å². The highest BCUT2D eigenvalue weighted by molar-refractivity contribution is 9.10. The van der Waals surface area contributed by atoms with Gasteiger partial charge in [-0.15, -0.1) is 0 Å². The zero-order valence-corrected chi connectivity index (χ0v) is 12.0. The van der Waals surface area contributed by atoms with Crippen LogP contribution in [0.3, 0.4) is 0 Å². The molecule has 1 heterocycles. The largest absolute Gasteiger partial charge is 0.300 e. The maximum Gasteiger partial charge on any atom is 0.0843 e. The number of piperidine rings is 1. The molecule has 1 aromatic rings. The van der Waals surface area contributed by atoms with Crippen molar-refractivity contribution < 1.29 is 0 Å². The molecule has 96 valence electrons. The van der Waals surface area contributed by atoms with Crippen LogP contribution in [0.2, 0.25) is 0 Å². The molecule has 1 fully saturated rings. The number of halogens is 1. The van der Waals surface area contributed by atoms with Gasteiger partial charge in [-0.1, -0.05) is 34.1 Å². The lowest BCUT2D eigenvalue weighted by Gasteiger charge is -2.33. The fraction of sp³-hybridized carbons (Fsp3) is 0.500. The second kappa shape index (κ2) is 6.89. The van der Waals surface area contributed by atoms with Gasteiger partial charge in [-0.3, -0.25) is 4.90 Å². The monoisotopic (exact) mass is 307 g/mol. The normalized spacial score (nSPS) is 20.6. The SMILES string of the molecule is N#CCNC1CCCN(Cc2ccccc2Br)C1. The van der Waals surface area contributed by atoms with Gasteiger partial charge in [0.1, 0.15) is 0 Å². The minimum absolute atomic E-state index is 0.452. The van der Waals surface area contributed by atoms with E-state index in [2.05, 4.69) is 50.4 Å². The van der Waals surface area contributed by atoms with Gasteiger partial charge in [-0.2, -0.15) is 5.26 Å². The van der Waals surface area contributed by atoms with Gasteiger partial charge in [-0.25, -0.2) is 0 Å². The molecule has 18 heavy (non-hydrogen) atoms. The summed E-state index contributed by atoms with van der Waals surface area (Å²) in [5.41, 5.74) is 1.33. The van der Waals surface area contributed by atoms with Crippen LogP contribution in [-0.2, 0) is 6.54 Å². The van der Waals surface area contributed by atoms with E-state index in [1.165, 1.54) is 22.9 Å². The third-order valence-electron chi connectivity index (χ3n) is 3.33. The molecule has 0 radical (unpaired) electrons. The smallest absolute Gasteiger partial charge is 0.0843 e. The Bertz CT molecular complexity index is 427. The Morgan fingerprint density at radius 2 is 2.28 bits per heavy atom. The van der Waals surface area contributed by atoms with Crippen molar-refractivity contribution in [1.82, 2.24) is 10.2 Å². The molecule has 1 saturated heterocycles. The molecule has 1 aromatic carbocycles. The van der Waals surface area contributed by atoms with Crippen LogP contribution in [0.1, 0.15) is 18.4 Å². The molecule has 0 aliphatic carbocycles. The van der Waals surface area contributed by atoms with E-state index in [9.17, 15) is 0 Å². The Kier molecular flexibility index (Phi) is 5.18. The lowest BCUT2D eigenvalue weighted by molar-refractivity contribution is 0.185.